The van der Waals surface area contributed by atoms with Crippen LogP contribution in [0.1, 0.15) is 17.4 Å². The molecule has 1 N–H and O–H groups in total. The Morgan fingerprint density at radius 2 is 2.50 bits per heavy atom. The predicted octanol–water partition coefficient (Wildman–Crippen LogP) is 0.573. The van der Waals surface area contributed by atoms with Gasteiger partial charge >= 0.3 is 5.97 Å². The molecular formula is C7H8N2O3. The molecule has 1 heterocycles. The van der Waals surface area contributed by atoms with Gasteiger partial charge in [-0.05, 0) is 6.92 Å². The Morgan fingerprint density at radius 3 is 3.08 bits per heavy atom. The van der Waals surface area contributed by atoms with Crippen molar-refractivity contribution in [3.8, 4) is 5.75 Å². The molecule has 0 radical (unpaired) electrons. The number of ether oxygens (including phenoxy) is 1. The fraction of sp³-hybridized carbons (Fsp3) is 0.286. The molecule has 5 nitrogen and oxygen atoms in total. The Balaban J connectivity index is 3.00. The van der Waals surface area contributed by atoms with Gasteiger partial charge in [0.1, 0.15) is 0 Å². The largest absolute Gasteiger partial charge is 0.491 e. The average Bonchev–Trinajstić information content (AvgIpc) is 2.05. The molecule has 0 aliphatic rings. The summed E-state index contributed by atoms with van der Waals surface area (Å²) in [4.78, 5) is 10.5. The molecular weight excluding hydrogens is 160 g/mol. The molecule has 0 aromatic carbocycles. The van der Waals surface area contributed by atoms with Crippen LogP contribution in [0.4, 0.5) is 0 Å². The molecule has 1 aromatic heterocycles. The summed E-state index contributed by atoms with van der Waals surface area (Å²) in [5.41, 5.74) is -0.153. The maximum Gasteiger partial charge on any atom is 0.360 e. The van der Waals surface area contributed by atoms with Crippen LogP contribution >= 0.6 is 0 Å². The fourth-order valence-corrected chi connectivity index (χ4v) is 0.740. The third-order valence-corrected chi connectivity index (χ3v) is 1.19. The van der Waals surface area contributed by atoms with E-state index in [1.807, 2.05) is 0 Å². The van der Waals surface area contributed by atoms with E-state index >= 15 is 0 Å². The summed E-state index contributed by atoms with van der Waals surface area (Å²) in [7, 11) is 0. The van der Waals surface area contributed by atoms with Crippen molar-refractivity contribution in [2.24, 2.45) is 0 Å². The van der Waals surface area contributed by atoms with Crippen LogP contribution in [0.25, 0.3) is 0 Å². The molecule has 1 aromatic rings. The first kappa shape index (κ1) is 8.45. The highest BCUT2D eigenvalue weighted by atomic mass is 16.5. The Hall–Kier alpha value is -1.65. The second kappa shape index (κ2) is 3.66. The average molecular weight is 168 g/mol. The van der Waals surface area contributed by atoms with Gasteiger partial charge in [-0.2, -0.15) is 5.10 Å². The summed E-state index contributed by atoms with van der Waals surface area (Å²) in [6.07, 6.45) is 1.39. The second-order valence-corrected chi connectivity index (χ2v) is 1.98. The lowest BCUT2D eigenvalue weighted by atomic mass is 10.3. The molecule has 0 saturated heterocycles. The molecule has 12 heavy (non-hydrogen) atoms. The van der Waals surface area contributed by atoms with Gasteiger partial charge in [-0.15, -0.1) is 5.10 Å². The molecule has 0 amide bonds. The normalized spacial score (nSPS) is 9.42. The van der Waals surface area contributed by atoms with Crippen LogP contribution in [0.2, 0.25) is 0 Å². The first-order chi connectivity index (χ1) is 5.75. The van der Waals surface area contributed by atoms with Crippen LogP contribution in [0, 0.1) is 0 Å². The summed E-state index contributed by atoms with van der Waals surface area (Å²) in [6.45, 7) is 2.18. The first-order valence-corrected chi connectivity index (χ1v) is 3.43. The van der Waals surface area contributed by atoms with E-state index in [1.54, 1.807) is 6.92 Å². The molecule has 0 aliphatic heterocycles. The Kier molecular flexibility index (Phi) is 2.57. The zero-order chi connectivity index (χ0) is 8.97. The third kappa shape index (κ3) is 1.69. The van der Waals surface area contributed by atoms with Crippen molar-refractivity contribution in [2.45, 2.75) is 6.92 Å². The maximum atomic E-state index is 10.5. The van der Waals surface area contributed by atoms with Crippen LogP contribution in [0.3, 0.4) is 0 Å². The van der Waals surface area contributed by atoms with E-state index in [2.05, 4.69) is 10.2 Å². The van der Waals surface area contributed by atoms with E-state index in [0.29, 0.717) is 6.61 Å². The zero-order valence-corrected chi connectivity index (χ0v) is 6.52. The van der Waals surface area contributed by atoms with Crippen molar-refractivity contribution in [3.05, 3.63) is 18.0 Å². The van der Waals surface area contributed by atoms with Crippen LogP contribution in [0.15, 0.2) is 12.3 Å². The Morgan fingerprint density at radius 1 is 1.75 bits per heavy atom. The molecule has 0 fully saturated rings. The van der Waals surface area contributed by atoms with E-state index in [1.165, 1.54) is 12.3 Å². The lowest BCUT2D eigenvalue weighted by Gasteiger charge is -2.03. The fourth-order valence-electron chi connectivity index (χ4n) is 0.740. The number of hydrogen-bond donors (Lipinski definition) is 1. The van der Waals surface area contributed by atoms with Crippen molar-refractivity contribution < 1.29 is 14.6 Å². The van der Waals surface area contributed by atoms with E-state index in [0.717, 1.165) is 0 Å². The van der Waals surface area contributed by atoms with E-state index in [-0.39, 0.29) is 11.4 Å². The van der Waals surface area contributed by atoms with E-state index in [9.17, 15) is 4.79 Å². The number of rotatable bonds is 3. The van der Waals surface area contributed by atoms with Gasteiger partial charge in [0.25, 0.3) is 0 Å². The molecule has 0 spiro atoms. The lowest BCUT2D eigenvalue weighted by molar-refractivity contribution is 0.0684. The smallest absolute Gasteiger partial charge is 0.360 e. The number of carboxylic acid groups (broad SMARTS) is 1. The van der Waals surface area contributed by atoms with Crippen molar-refractivity contribution >= 4 is 5.97 Å². The highest BCUT2D eigenvalue weighted by molar-refractivity contribution is 5.88. The van der Waals surface area contributed by atoms with Gasteiger partial charge in [-0.25, -0.2) is 4.79 Å². The lowest BCUT2D eigenvalue weighted by Crippen LogP contribution is -2.06. The summed E-state index contributed by atoms with van der Waals surface area (Å²) in [5, 5.41) is 15.5. The SMILES string of the molecule is CCOc1ccnnc1C(=O)O. The quantitative estimate of drug-likeness (QED) is 0.714. The van der Waals surface area contributed by atoms with Crippen LogP contribution in [-0.2, 0) is 0 Å². The molecule has 5 heteroatoms. The van der Waals surface area contributed by atoms with Crippen molar-refractivity contribution in [3.63, 3.8) is 0 Å². The maximum absolute atomic E-state index is 10.5. The topological polar surface area (TPSA) is 72.3 Å². The molecule has 64 valence electrons. The molecule has 0 atom stereocenters. The standard InChI is InChI=1S/C7H8N2O3/c1-2-12-5-3-4-8-9-6(5)7(10)11/h3-4H,2H2,1H3,(H,10,11). The predicted molar refractivity (Wildman–Crippen MR) is 40.2 cm³/mol. The summed E-state index contributed by atoms with van der Waals surface area (Å²) in [6, 6.07) is 1.47. The van der Waals surface area contributed by atoms with Gasteiger partial charge in [0.15, 0.2) is 5.75 Å². The number of aromatic nitrogens is 2. The minimum atomic E-state index is -1.13. The van der Waals surface area contributed by atoms with Crippen molar-refractivity contribution in [2.75, 3.05) is 6.61 Å². The number of carbonyl (C=O) groups is 1. The van der Waals surface area contributed by atoms with Gasteiger partial charge in [0.2, 0.25) is 5.69 Å². The Bertz CT molecular complexity index is 288. The second-order valence-electron chi connectivity index (χ2n) is 1.98. The van der Waals surface area contributed by atoms with E-state index in [4.69, 9.17) is 9.84 Å². The van der Waals surface area contributed by atoms with Crippen LogP contribution < -0.4 is 4.74 Å². The van der Waals surface area contributed by atoms with Gasteiger partial charge in [0, 0.05) is 6.07 Å². The van der Waals surface area contributed by atoms with Crippen molar-refractivity contribution in [1.29, 1.82) is 0 Å². The summed E-state index contributed by atoms with van der Waals surface area (Å²) < 4.78 is 5.01. The minimum Gasteiger partial charge on any atom is -0.491 e. The number of carboxylic acids is 1. The van der Waals surface area contributed by atoms with Crippen LogP contribution in [-0.4, -0.2) is 27.9 Å². The molecule has 1 rings (SSSR count). The number of nitrogens with zero attached hydrogens (tertiary/aromatic N) is 2. The summed E-state index contributed by atoms with van der Waals surface area (Å²) in [5.74, 6) is -0.883. The van der Waals surface area contributed by atoms with E-state index < -0.39 is 5.97 Å². The zero-order valence-electron chi connectivity index (χ0n) is 6.52. The molecule has 0 saturated carbocycles. The minimum absolute atomic E-state index is 0.153. The highest BCUT2D eigenvalue weighted by Gasteiger charge is 2.11. The van der Waals surface area contributed by atoms with Crippen molar-refractivity contribution in [1.82, 2.24) is 10.2 Å². The van der Waals surface area contributed by atoms with Gasteiger partial charge in [-0.3, -0.25) is 0 Å². The molecule has 0 bridgehead atoms. The number of hydrogen-bond acceptors (Lipinski definition) is 4. The first-order valence-electron chi connectivity index (χ1n) is 3.43. The van der Waals surface area contributed by atoms with Gasteiger partial charge < -0.3 is 9.84 Å². The monoisotopic (exact) mass is 168 g/mol. The number of aromatic carboxylic acids is 1. The highest BCUT2D eigenvalue weighted by Crippen LogP contribution is 2.13. The molecule has 0 aliphatic carbocycles. The third-order valence-electron chi connectivity index (χ3n) is 1.19. The van der Waals surface area contributed by atoms with Crippen LogP contribution in [0.5, 0.6) is 5.75 Å². The van der Waals surface area contributed by atoms with Gasteiger partial charge in [0.05, 0.1) is 12.8 Å². The summed E-state index contributed by atoms with van der Waals surface area (Å²) >= 11 is 0. The molecule has 0 unspecified atom stereocenters. The van der Waals surface area contributed by atoms with Gasteiger partial charge in [-0.1, -0.05) is 0 Å². The Labute approximate surface area is 69.0 Å².